The van der Waals surface area contributed by atoms with E-state index < -0.39 is 12.6 Å². The number of amides is 1. The van der Waals surface area contributed by atoms with Crippen LogP contribution in [0.25, 0.3) is 10.9 Å². The van der Waals surface area contributed by atoms with Crippen LogP contribution in [0.15, 0.2) is 24.7 Å². The fraction of sp³-hybridized carbons (Fsp3) is 0.182. The van der Waals surface area contributed by atoms with Crippen molar-refractivity contribution >= 4 is 23.0 Å². The molecular weight excluding hydrogens is 247 g/mol. The molecule has 1 amide bonds. The van der Waals surface area contributed by atoms with E-state index in [9.17, 15) is 18.0 Å². The van der Waals surface area contributed by atoms with Crippen LogP contribution >= 0.6 is 0 Å². The Morgan fingerprint density at radius 2 is 2.06 bits per heavy atom. The lowest BCUT2D eigenvalue weighted by Gasteiger charge is -2.09. The molecule has 0 saturated carbocycles. The lowest BCUT2D eigenvalue weighted by Crippen LogP contribution is -2.12. The Kier molecular flexibility index (Phi) is 3.14. The zero-order chi connectivity index (χ0) is 13.2. The molecule has 4 nitrogen and oxygen atoms in total. The molecule has 0 spiro atoms. The monoisotopic (exact) mass is 255 g/mol. The summed E-state index contributed by atoms with van der Waals surface area (Å²) in [5.41, 5.74) is 0.724. The molecule has 0 aliphatic rings. The second kappa shape index (κ2) is 4.59. The summed E-state index contributed by atoms with van der Waals surface area (Å²) in [5, 5.41) is 2.67. The van der Waals surface area contributed by atoms with E-state index >= 15 is 0 Å². The molecule has 2 aromatic heterocycles. The van der Waals surface area contributed by atoms with E-state index in [-0.39, 0.29) is 5.56 Å². The minimum Gasteiger partial charge on any atom is -0.327 e. The topological polar surface area (TPSA) is 54.9 Å². The van der Waals surface area contributed by atoms with Gasteiger partial charge >= 0.3 is 6.18 Å². The van der Waals surface area contributed by atoms with Crippen LogP contribution in [-0.4, -0.2) is 22.6 Å². The van der Waals surface area contributed by atoms with E-state index in [0.29, 0.717) is 23.0 Å². The van der Waals surface area contributed by atoms with E-state index in [4.69, 9.17) is 0 Å². The molecule has 0 bridgehead atoms. The summed E-state index contributed by atoms with van der Waals surface area (Å²) in [7, 11) is 0. The summed E-state index contributed by atoms with van der Waals surface area (Å²) in [6, 6.07) is 1.44. The standard InChI is InChI=1S/C11H8F3N3O/c12-11(13,14)2-7-3-15-5-10-9(7)1-8(4-16-10)17-6-18/h1,3-6H,2H2,(H,17,18). The van der Waals surface area contributed by atoms with Gasteiger partial charge < -0.3 is 5.32 Å². The SMILES string of the molecule is O=CNc1cnc2cncc(CC(F)(F)F)c2c1. The number of rotatable bonds is 3. The van der Waals surface area contributed by atoms with Crippen molar-refractivity contribution in [3.63, 3.8) is 0 Å². The normalized spacial score (nSPS) is 11.5. The second-order valence-corrected chi connectivity index (χ2v) is 3.64. The van der Waals surface area contributed by atoms with Gasteiger partial charge in [0.1, 0.15) is 0 Å². The molecule has 94 valence electrons. The minimum atomic E-state index is -4.32. The first-order valence-corrected chi connectivity index (χ1v) is 4.99. The molecule has 2 rings (SSSR count). The quantitative estimate of drug-likeness (QED) is 0.856. The van der Waals surface area contributed by atoms with Gasteiger partial charge in [-0.15, -0.1) is 0 Å². The third-order valence-corrected chi connectivity index (χ3v) is 2.31. The minimum absolute atomic E-state index is 0.0297. The molecule has 0 fully saturated rings. The summed E-state index contributed by atoms with van der Waals surface area (Å²) >= 11 is 0. The Labute approximate surface area is 99.9 Å². The average molecular weight is 255 g/mol. The van der Waals surface area contributed by atoms with E-state index in [1.54, 1.807) is 0 Å². The van der Waals surface area contributed by atoms with E-state index in [1.807, 2.05) is 0 Å². The lowest BCUT2D eigenvalue weighted by atomic mass is 10.1. The van der Waals surface area contributed by atoms with Gasteiger partial charge in [0.25, 0.3) is 0 Å². The number of carbonyl (C=O) groups is 1. The Morgan fingerprint density at radius 1 is 1.28 bits per heavy atom. The number of alkyl halides is 3. The molecule has 0 aliphatic heterocycles. The Hall–Kier alpha value is -2.18. The van der Waals surface area contributed by atoms with E-state index in [2.05, 4.69) is 15.3 Å². The highest BCUT2D eigenvalue weighted by Crippen LogP contribution is 2.26. The van der Waals surface area contributed by atoms with Gasteiger partial charge in [-0.2, -0.15) is 13.2 Å². The smallest absolute Gasteiger partial charge is 0.327 e. The van der Waals surface area contributed by atoms with Gasteiger partial charge in [-0.3, -0.25) is 14.8 Å². The summed E-state index contributed by atoms with van der Waals surface area (Å²) in [6.45, 7) is 0. The summed E-state index contributed by atoms with van der Waals surface area (Å²) in [6.07, 6.45) is -1.07. The summed E-state index contributed by atoms with van der Waals surface area (Å²) in [5.74, 6) is 0. The van der Waals surface area contributed by atoms with Crippen LogP contribution in [0, 0.1) is 0 Å². The van der Waals surface area contributed by atoms with E-state index in [1.165, 1.54) is 18.5 Å². The molecular formula is C11H8F3N3O. The average Bonchev–Trinajstić information content (AvgIpc) is 2.28. The number of fused-ring (bicyclic) bond motifs is 1. The van der Waals surface area contributed by atoms with Gasteiger partial charge in [0.15, 0.2) is 0 Å². The van der Waals surface area contributed by atoms with Crippen LogP contribution in [0.5, 0.6) is 0 Å². The molecule has 1 N–H and O–H groups in total. The predicted octanol–water partition coefficient (Wildman–Crippen LogP) is 2.30. The first kappa shape index (κ1) is 12.3. The molecule has 2 aromatic rings. The van der Waals surface area contributed by atoms with Crippen LogP contribution in [0.4, 0.5) is 18.9 Å². The Morgan fingerprint density at radius 3 is 2.72 bits per heavy atom. The maximum absolute atomic E-state index is 12.4. The van der Waals surface area contributed by atoms with Gasteiger partial charge in [0.2, 0.25) is 6.41 Å². The third-order valence-electron chi connectivity index (χ3n) is 2.31. The van der Waals surface area contributed by atoms with Crippen molar-refractivity contribution in [2.45, 2.75) is 12.6 Å². The third kappa shape index (κ3) is 2.73. The van der Waals surface area contributed by atoms with Crippen LogP contribution in [0.1, 0.15) is 5.56 Å². The van der Waals surface area contributed by atoms with Crippen molar-refractivity contribution in [1.29, 1.82) is 0 Å². The van der Waals surface area contributed by atoms with Crippen LogP contribution in [0.2, 0.25) is 0 Å². The van der Waals surface area contributed by atoms with Crippen molar-refractivity contribution in [3.05, 3.63) is 30.2 Å². The Balaban J connectivity index is 2.51. The molecule has 0 radical (unpaired) electrons. The molecule has 18 heavy (non-hydrogen) atoms. The molecule has 0 unspecified atom stereocenters. The summed E-state index contributed by atoms with van der Waals surface area (Å²) < 4.78 is 37.2. The number of aromatic nitrogens is 2. The van der Waals surface area contributed by atoms with Gasteiger partial charge in [-0.1, -0.05) is 0 Å². The zero-order valence-electron chi connectivity index (χ0n) is 9.03. The summed E-state index contributed by atoms with van der Waals surface area (Å²) in [4.78, 5) is 18.0. The highest BCUT2D eigenvalue weighted by Gasteiger charge is 2.28. The highest BCUT2D eigenvalue weighted by molar-refractivity contribution is 5.86. The van der Waals surface area contributed by atoms with Crippen LogP contribution in [-0.2, 0) is 11.2 Å². The molecule has 0 aromatic carbocycles. The Bertz CT molecular complexity index is 583. The van der Waals surface area contributed by atoms with Gasteiger partial charge in [0, 0.05) is 11.6 Å². The fourth-order valence-electron chi connectivity index (χ4n) is 1.61. The molecule has 2 heterocycles. The van der Waals surface area contributed by atoms with E-state index in [0.717, 1.165) is 6.20 Å². The first-order valence-electron chi connectivity index (χ1n) is 4.99. The van der Waals surface area contributed by atoms with Crippen LogP contribution in [0.3, 0.4) is 0 Å². The lowest BCUT2D eigenvalue weighted by molar-refractivity contribution is -0.127. The highest BCUT2D eigenvalue weighted by atomic mass is 19.4. The van der Waals surface area contributed by atoms with Gasteiger partial charge in [0.05, 0.1) is 30.0 Å². The van der Waals surface area contributed by atoms with Gasteiger partial charge in [-0.25, -0.2) is 0 Å². The molecule has 7 heteroatoms. The van der Waals surface area contributed by atoms with Crippen LogP contribution < -0.4 is 5.32 Å². The zero-order valence-corrected chi connectivity index (χ0v) is 9.03. The number of carbonyl (C=O) groups excluding carboxylic acids is 1. The second-order valence-electron chi connectivity index (χ2n) is 3.64. The maximum Gasteiger partial charge on any atom is 0.393 e. The van der Waals surface area contributed by atoms with Crippen molar-refractivity contribution < 1.29 is 18.0 Å². The van der Waals surface area contributed by atoms with Gasteiger partial charge in [-0.05, 0) is 11.6 Å². The number of nitrogens with one attached hydrogen (secondary N) is 1. The molecule has 0 aliphatic carbocycles. The number of anilines is 1. The predicted molar refractivity (Wildman–Crippen MR) is 59.0 cm³/mol. The van der Waals surface area contributed by atoms with Crippen molar-refractivity contribution in [1.82, 2.24) is 9.97 Å². The maximum atomic E-state index is 12.4. The molecule has 0 saturated heterocycles. The number of hydrogen-bond acceptors (Lipinski definition) is 3. The fourth-order valence-corrected chi connectivity index (χ4v) is 1.61. The number of halogens is 3. The number of pyridine rings is 2. The largest absolute Gasteiger partial charge is 0.393 e. The van der Waals surface area contributed by atoms with Crippen molar-refractivity contribution in [2.75, 3.05) is 5.32 Å². The number of hydrogen-bond donors (Lipinski definition) is 1. The van der Waals surface area contributed by atoms with Crippen molar-refractivity contribution in [3.8, 4) is 0 Å². The molecule has 0 atom stereocenters. The first-order chi connectivity index (χ1) is 8.49. The van der Waals surface area contributed by atoms with Crippen molar-refractivity contribution in [2.24, 2.45) is 0 Å². The number of nitrogens with zero attached hydrogens (tertiary/aromatic N) is 2.